The molecule has 0 spiro atoms. The predicted octanol–water partition coefficient (Wildman–Crippen LogP) is 6.37. The number of allylic oxidation sites excluding steroid dienone is 1. The summed E-state index contributed by atoms with van der Waals surface area (Å²) in [4.78, 5) is 12.6. The molecule has 0 unspecified atom stereocenters. The lowest BCUT2D eigenvalue weighted by atomic mass is 10.1. The Bertz CT molecular complexity index is 1220. The number of amides is 1. The third-order valence-electron chi connectivity index (χ3n) is 4.82. The second-order valence-corrected chi connectivity index (χ2v) is 7.94. The first-order valence-electron chi connectivity index (χ1n) is 9.70. The Labute approximate surface area is 198 Å². The standard InChI is InChI=1S/C24H18Cl2F3N3O/c1-14-17(25)6-4-8-19(14)32-23(33)16-11-9-15(10-12-16)21(13-22(30)24(27,28)29)31-20-7-3-2-5-18(20)26/h2-13,30-31H,1H3,(H,32,33)/p+1/b21-13-,30-22?. The zero-order valence-corrected chi connectivity index (χ0v) is 18.8. The van der Waals surface area contributed by atoms with E-state index in [-0.39, 0.29) is 5.70 Å². The summed E-state index contributed by atoms with van der Waals surface area (Å²) < 4.78 is 39.0. The Morgan fingerprint density at radius 1 is 0.939 bits per heavy atom. The Balaban J connectivity index is 1.89. The van der Waals surface area contributed by atoms with Crippen LogP contribution in [0.15, 0.2) is 72.8 Å². The van der Waals surface area contributed by atoms with E-state index < -0.39 is 17.8 Å². The molecule has 0 aromatic heterocycles. The molecule has 0 atom stereocenters. The second-order valence-electron chi connectivity index (χ2n) is 7.12. The van der Waals surface area contributed by atoms with E-state index in [0.717, 1.165) is 6.08 Å². The molecular weight excluding hydrogens is 474 g/mol. The first kappa shape index (κ1) is 24.5. The SMILES string of the molecule is Cc1c(Cl)cccc1NC(=O)c1ccc(/C(=C/C(=N)C(F)(F)F)[NH2+]c2ccccc2Cl)cc1. The summed E-state index contributed by atoms with van der Waals surface area (Å²) in [5.74, 6) is -0.393. The molecule has 0 bridgehead atoms. The Kier molecular flexibility index (Phi) is 7.58. The van der Waals surface area contributed by atoms with Crippen LogP contribution in [0, 0.1) is 12.3 Å². The van der Waals surface area contributed by atoms with Gasteiger partial charge in [0.2, 0.25) is 0 Å². The van der Waals surface area contributed by atoms with E-state index in [4.69, 9.17) is 28.6 Å². The van der Waals surface area contributed by atoms with Crippen molar-refractivity contribution >= 4 is 51.9 Å². The van der Waals surface area contributed by atoms with Gasteiger partial charge >= 0.3 is 6.18 Å². The summed E-state index contributed by atoms with van der Waals surface area (Å²) in [6, 6.07) is 17.8. The van der Waals surface area contributed by atoms with Crippen LogP contribution in [-0.4, -0.2) is 17.8 Å². The van der Waals surface area contributed by atoms with E-state index in [9.17, 15) is 18.0 Å². The molecule has 0 fully saturated rings. The van der Waals surface area contributed by atoms with Gasteiger partial charge in [0.05, 0.1) is 0 Å². The fourth-order valence-electron chi connectivity index (χ4n) is 2.96. The molecule has 0 aliphatic carbocycles. The first-order valence-corrected chi connectivity index (χ1v) is 10.5. The number of para-hydroxylation sites is 1. The Hall–Kier alpha value is -3.13. The molecule has 0 heterocycles. The zero-order valence-electron chi connectivity index (χ0n) is 17.3. The lowest BCUT2D eigenvalue weighted by molar-refractivity contribution is -0.469. The number of quaternary nitrogens is 1. The summed E-state index contributed by atoms with van der Waals surface area (Å²) in [6.07, 6.45) is -4.07. The van der Waals surface area contributed by atoms with Crippen LogP contribution in [0.2, 0.25) is 10.0 Å². The number of hydrogen-bond donors (Lipinski definition) is 3. The molecule has 0 saturated carbocycles. The van der Waals surface area contributed by atoms with Gasteiger partial charge in [-0.2, -0.15) is 13.2 Å². The van der Waals surface area contributed by atoms with Gasteiger partial charge in [-0.1, -0.05) is 41.4 Å². The molecule has 0 aliphatic rings. The second kappa shape index (κ2) is 10.2. The van der Waals surface area contributed by atoms with Crippen LogP contribution in [0.1, 0.15) is 21.5 Å². The van der Waals surface area contributed by atoms with E-state index in [0.29, 0.717) is 38.1 Å². The maximum Gasteiger partial charge on any atom is 0.432 e. The highest BCUT2D eigenvalue weighted by molar-refractivity contribution is 6.32. The number of halogens is 5. The summed E-state index contributed by atoms with van der Waals surface area (Å²) in [5, 5.41) is 12.5. The van der Waals surface area contributed by atoms with Crippen LogP contribution >= 0.6 is 23.2 Å². The van der Waals surface area contributed by atoms with Crippen molar-refractivity contribution in [1.29, 1.82) is 5.41 Å². The number of rotatable bonds is 6. The van der Waals surface area contributed by atoms with E-state index >= 15 is 0 Å². The van der Waals surface area contributed by atoms with Gasteiger partial charge in [0.15, 0.2) is 5.69 Å². The number of nitrogens with one attached hydrogen (secondary N) is 2. The fraction of sp³-hybridized carbons (Fsp3) is 0.0833. The minimum Gasteiger partial charge on any atom is -0.322 e. The predicted molar refractivity (Wildman–Crippen MR) is 125 cm³/mol. The highest BCUT2D eigenvalue weighted by Gasteiger charge is 2.34. The Morgan fingerprint density at radius 2 is 1.55 bits per heavy atom. The summed E-state index contributed by atoms with van der Waals surface area (Å²) in [5.41, 5.74) is 1.10. The van der Waals surface area contributed by atoms with Crippen molar-refractivity contribution in [2.24, 2.45) is 0 Å². The van der Waals surface area contributed by atoms with Gasteiger partial charge in [0.1, 0.15) is 16.4 Å². The first-order chi connectivity index (χ1) is 15.6. The van der Waals surface area contributed by atoms with Crippen molar-refractivity contribution in [2.75, 3.05) is 5.32 Å². The van der Waals surface area contributed by atoms with Gasteiger partial charge in [0, 0.05) is 34.0 Å². The average molecular weight is 493 g/mol. The van der Waals surface area contributed by atoms with Crippen LogP contribution in [0.3, 0.4) is 0 Å². The number of anilines is 1. The smallest absolute Gasteiger partial charge is 0.322 e. The lowest BCUT2D eigenvalue weighted by Gasteiger charge is -2.11. The van der Waals surface area contributed by atoms with Crippen LogP contribution in [-0.2, 0) is 0 Å². The van der Waals surface area contributed by atoms with E-state index in [1.165, 1.54) is 29.6 Å². The van der Waals surface area contributed by atoms with Crippen molar-refractivity contribution < 1.29 is 23.3 Å². The molecule has 0 aliphatic heterocycles. The summed E-state index contributed by atoms with van der Waals surface area (Å²) in [6.45, 7) is 1.78. The topological polar surface area (TPSA) is 69.6 Å². The van der Waals surface area contributed by atoms with Crippen molar-refractivity contribution in [3.05, 3.63) is 99.5 Å². The highest BCUT2D eigenvalue weighted by Crippen LogP contribution is 2.24. The van der Waals surface area contributed by atoms with Crippen LogP contribution < -0.4 is 10.6 Å². The van der Waals surface area contributed by atoms with Crippen molar-refractivity contribution in [3.63, 3.8) is 0 Å². The van der Waals surface area contributed by atoms with Gasteiger partial charge in [-0.15, -0.1) is 0 Å². The van der Waals surface area contributed by atoms with Crippen LogP contribution in [0.4, 0.5) is 24.5 Å². The maximum absolute atomic E-state index is 13.0. The quantitative estimate of drug-likeness (QED) is 0.271. The normalized spacial score (nSPS) is 11.9. The van der Waals surface area contributed by atoms with Gasteiger partial charge < -0.3 is 5.32 Å². The summed E-state index contributed by atoms with van der Waals surface area (Å²) >= 11 is 12.2. The number of carbonyl (C=O) groups is 1. The minimum atomic E-state index is -4.80. The molecule has 3 rings (SSSR count). The molecule has 4 nitrogen and oxygen atoms in total. The van der Waals surface area contributed by atoms with Gasteiger partial charge in [-0.05, 0) is 55.0 Å². The van der Waals surface area contributed by atoms with Gasteiger partial charge in [-0.3, -0.25) is 15.5 Å². The molecule has 170 valence electrons. The largest absolute Gasteiger partial charge is 0.432 e. The monoisotopic (exact) mass is 492 g/mol. The van der Waals surface area contributed by atoms with Crippen molar-refractivity contribution in [1.82, 2.24) is 0 Å². The van der Waals surface area contributed by atoms with Crippen molar-refractivity contribution in [2.45, 2.75) is 13.1 Å². The van der Waals surface area contributed by atoms with Gasteiger partial charge in [-0.25, -0.2) is 0 Å². The molecule has 0 radical (unpaired) electrons. The van der Waals surface area contributed by atoms with Crippen LogP contribution in [0.5, 0.6) is 0 Å². The molecule has 33 heavy (non-hydrogen) atoms. The molecule has 0 saturated heterocycles. The Morgan fingerprint density at radius 3 is 2.18 bits per heavy atom. The van der Waals surface area contributed by atoms with Gasteiger partial charge in [0.25, 0.3) is 5.91 Å². The van der Waals surface area contributed by atoms with E-state index in [1.54, 1.807) is 49.4 Å². The number of carbonyl (C=O) groups excluding carboxylic acids is 1. The summed E-state index contributed by atoms with van der Waals surface area (Å²) in [7, 11) is 0. The third-order valence-corrected chi connectivity index (χ3v) is 5.57. The fourth-order valence-corrected chi connectivity index (χ4v) is 3.32. The number of alkyl halides is 3. The molecule has 3 aromatic rings. The molecule has 1 amide bonds. The number of hydrogen-bond acceptors (Lipinski definition) is 2. The third kappa shape index (κ3) is 6.22. The molecule has 9 heteroatoms. The molecular formula is C24H19Cl2F3N3O+. The van der Waals surface area contributed by atoms with E-state index in [1.807, 2.05) is 0 Å². The minimum absolute atomic E-state index is 0.128. The maximum atomic E-state index is 13.0. The molecule has 3 aromatic carbocycles. The number of benzene rings is 3. The lowest BCUT2D eigenvalue weighted by Crippen LogP contribution is -2.74. The van der Waals surface area contributed by atoms with Crippen molar-refractivity contribution in [3.8, 4) is 0 Å². The van der Waals surface area contributed by atoms with E-state index in [2.05, 4.69) is 5.32 Å². The van der Waals surface area contributed by atoms with Crippen LogP contribution in [0.25, 0.3) is 5.70 Å². The number of nitrogens with two attached hydrogens (primary N) is 1. The zero-order chi connectivity index (χ0) is 24.2. The average Bonchev–Trinajstić information content (AvgIpc) is 2.77. The highest BCUT2D eigenvalue weighted by atomic mass is 35.5. The molecule has 4 N–H and O–H groups in total.